The average molecular weight is 1530 g/mol. The number of ether oxygens (including phenoxy) is 1. The third kappa shape index (κ3) is 15.6. The van der Waals surface area contributed by atoms with Gasteiger partial charge in [0.1, 0.15) is 46.4 Å². The fraction of sp³-hybridized carbons (Fsp3) is 0.305. The Morgan fingerprint density at radius 2 is 0.982 bits per heavy atom. The molecule has 113 heavy (non-hydrogen) atoms. The highest BCUT2D eigenvalue weighted by atomic mass is 32.2. The van der Waals surface area contributed by atoms with Gasteiger partial charge in [-0.15, -0.1) is 19.3 Å². The number of rotatable bonds is 16. The van der Waals surface area contributed by atoms with Crippen LogP contribution in [0, 0.1) is 76.9 Å². The molecule has 0 aromatic carbocycles. The second-order valence-corrected chi connectivity index (χ2v) is 30.9. The van der Waals surface area contributed by atoms with E-state index in [9.17, 15) is 38.6 Å². The Bertz CT molecular complexity index is 6050. The molecule has 4 fully saturated rings. The first-order valence-corrected chi connectivity index (χ1v) is 38.3. The first kappa shape index (κ1) is 75.8. The molecule has 31 heteroatoms. The predicted octanol–water partition coefficient (Wildman–Crippen LogP) is 8.06. The Morgan fingerprint density at radius 1 is 0.531 bits per heavy atom. The molecule has 1 aliphatic carbocycles. The molecule has 4 aliphatic rings. The molecule has 16 rings (SSSR count). The van der Waals surface area contributed by atoms with Gasteiger partial charge in [0.15, 0.2) is 9.84 Å². The van der Waals surface area contributed by atoms with E-state index in [0.29, 0.717) is 72.6 Å². The molecule has 5 atom stereocenters. The van der Waals surface area contributed by atoms with Gasteiger partial charge in [-0.3, -0.25) is 28.4 Å². The number of aryl methyl sites for hydroxylation is 3. The molecule has 12 aromatic heterocycles. The highest BCUT2D eigenvalue weighted by Gasteiger charge is 2.48. The van der Waals surface area contributed by atoms with Gasteiger partial charge < -0.3 is 35.4 Å². The number of pyridine rings is 6. The standard InChI is InChI=1S/C29H28N8O.C27H26N8O2.C26H24N8O3S/c1-4-27(38)34-29(2)9-10-36(25(12-29)19-5-6-19)26-8-7-20(14-31-26)24-11-21(23-16-32-35(3)17-23)18-37-28(24)22(13-30)15-33-37;1-4-26(36)32-23-8-9-34(17-24(23)37-5-2)25-7-6-18(12-29-25)22-10-19(21-14-30-33(3)15-21)16-35-27(22)20(11-28)13-31-35;1-4-24(35)31-26(5-2)8-9-33(17-38(26,36)37)23-7-6-18(12-28-23)22-10-19(21-14-29-32(3)15-21)16-34-25(22)20(11-27)13-30-34/h1,7-8,11,14-19,25H,5-6,9-10,12H2,2-3H3,(H,34,38);1,6-7,10,12-16,23-24H,5,8-9,17H2,2-3H3,(H,32,36);1,6-7,10,12-16H,5,8-9,17H2,2-3H3,(H,31,35). The van der Waals surface area contributed by atoms with Crippen LogP contribution in [0.3, 0.4) is 0 Å². The smallest absolute Gasteiger partial charge is 0.296 e. The molecule has 568 valence electrons. The number of terminal acetylenes is 3. The minimum Gasteiger partial charge on any atom is -0.375 e. The van der Waals surface area contributed by atoms with E-state index in [-0.39, 0.29) is 42.3 Å². The van der Waals surface area contributed by atoms with Crippen LogP contribution in [-0.2, 0) is 50.1 Å². The molecular formula is C82H78N24O6S. The zero-order chi connectivity index (χ0) is 79.5. The van der Waals surface area contributed by atoms with Gasteiger partial charge in [-0.1, -0.05) is 6.92 Å². The van der Waals surface area contributed by atoms with Gasteiger partial charge in [-0.25, -0.2) is 36.9 Å². The molecule has 3 aliphatic heterocycles. The van der Waals surface area contributed by atoms with Crippen LogP contribution in [0.1, 0.15) is 82.4 Å². The lowest BCUT2D eigenvalue weighted by molar-refractivity contribution is -0.118. The zero-order valence-electron chi connectivity index (χ0n) is 62.8. The van der Waals surface area contributed by atoms with Crippen LogP contribution in [0.4, 0.5) is 17.5 Å². The van der Waals surface area contributed by atoms with E-state index in [1.165, 1.54) is 19.0 Å². The number of nitrogens with one attached hydrogen (secondary N) is 3. The summed E-state index contributed by atoms with van der Waals surface area (Å²) in [7, 11) is 1.83. The van der Waals surface area contributed by atoms with Crippen LogP contribution in [0.25, 0.3) is 83.3 Å². The fourth-order valence-electron chi connectivity index (χ4n) is 15.2. The van der Waals surface area contributed by atoms with Crippen molar-refractivity contribution < 1.29 is 27.5 Å². The number of carbonyl (C=O) groups is 3. The van der Waals surface area contributed by atoms with Crippen LogP contribution in [-0.4, -0.2) is 167 Å². The molecule has 3 saturated heterocycles. The van der Waals surface area contributed by atoms with Gasteiger partial charge in [-0.05, 0) is 131 Å². The molecule has 3 amide bonds. The Hall–Kier alpha value is -14.0. The number of hydrogen-bond donors (Lipinski definition) is 3. The van der Waals surface area contributed by atoms with E-state index in [1.807, 2.05) is 120 Å². The fourth-order valence-corrected chi connectivity index (χ4v) is 17.3. The number of hydrogen-bond acceptors (Lipinski definition) is 21. The minimum atomic E-state index is -3.76. The summed E-state index contributed by atoms with van der Waals surface area (Å²) in [5, 5.41) is 63.5. The van der Waals surface area contributed by atoms with Crippen LogP contribution in [0.2, 0.25) is 0 Å². The number of carbonyl (C=O) groups excluding carboxylic acids is 3. The Balaban J connectivity index is 0.000000141. The molecule has 0 spiro atoms. The number of nitrogens with zero attached hydrogens (tertiary/aromatic N) is 21. The topological polar surface area (TPSA) is 356 Å². The van der Waals surface area contributed by atoms with E-state index in [2.05, 4.69) is 116 Å². The second-order valence-electron chi connectivity index (χ2n) is 28.6. The monoisotopic (exact) mass is 1530 g/mol. The molecule has 0 radical (unpaired) electrons. The maximum Gasteiger partial charge on any atom is 0.296 e. The third-order valence-electron chi connectivity index (χ3n) is 21.2. The second kappa shape index (κ2) is 31.5. The predicted molar refractivity (Wildman–Crippen MR) is 423 cm³/mol. The first-order valence-electron chi connectivity index (χ1n) is 36.6. The normalized spacial score (nSPS) is 19.0. The number of amides is 3. The molecule has 30 nitrogen and oxygen atoms in total. The summed E-state index contributed by atoms with van der Waals surface area (Å²) in [5.74, 6) is 7.21. The highest BCUT2D eigenvalue weighted by molar-refractivity contribution is 7.92. The lowest BCUT2D eigenvalue weighted by Crippen LogP contribution is -2.61. The Kier molecular flexibility index (Phi) is 21.2. The van der Waals surface area contributed by atoms with E-state index >= 15 is 0 Å². The number of nitriles is 3. The molecule has 12 aromatic rings. The van der Waals surface area contributed by atoms with Crippen molar-refractivity contribution in [2.75, 3.05) is 53.4 Å². The van der Waals surface area contributed by atoms with Crippen molar-refractivity contribution in [1.82, 2.24) is 89.1 Å². The van der Waals surface area contributed by atoms with Gasteiger partial charge in [0.2, 0.25) is 0 Å². The van der Waals surface area contributed by atoms with Crippen LogP contribution in [0.15, 0.2) is 148 Å². The SMILES string of the molecule is C#CC(=O)NC1(C)CCN(c2ccc(-c3cc(-c4cnn(C)c4)cn4ncc(C#N)c34)cn2)C(C2CC2)C1.C#CC(=O)NC1(CC)CCN(c2ccc(-c3cc(-c4cnn(C)c4)cn4ncc(C#N)c34)cn2)CS1(=O)=O.C#CC(=O)NC1CCN(c2ccc(-c3cc(-c4cnn(C)c4)cn4ncc(C#N)c34)cn2)CC1OCC. The van der Waals surface area contributed by atoms with Crippen molar-refractivity contribution >= 4 is 61.6 Å². The number of anilines is 3. The van der Waals surface area contributed by atoms with Gasteiger partial charge >= 0.3 is 0 Å². The van der Waals surface area contributed by atoms with Gasteiger partial charge in [0, 0.05) is 194 Å². The minimum absolute atomic E-state index is 0.145. The zero-order valence-corrected chi connectivity index (χ0v) is 63.7. The lowest BCUT2D eigenvalue weighted by atomic mass is 9.82. The largest absolute Gasteiger partial charge is 0.375 e. The van der Waals surface area contributed by atoms with Crippen LogP contribution >= 0.6 is 0 Å². The van der Waals surface area contributed by atoms with Crippen LogP contribution < -0.4 is 30.7 Å². The molecule has 5 unspecified atom stereocenters. The molecule has 3 N–H and O–H groups in total. The van der Waals surface area contributed by atoms with Gasteiger partial charge in [-0.2, -0.15) is 46.4 Å². The van der Waals surface area contributed by atoms with Crippen LogP contribution in [0.5, 0.6) is 0 Å². The summed E-state index contributed by atoms with van der Waals surface area (Å²) in [6, 6.07) is 24.6. The molecule has 0 bridgehead atoms. The van der Waals surface area contributed by atoms with Crippen molar-refractivity contribution in [3.63, 3.8) is 0 Å². The number of sulfone groups is 1. The maximum absolute atomic E-state index is 13.2. The van der Waals surface area contributed by atoms with E-state index in [4.69, 9.17) is 34.0 Å². The van der Waals surface area contributed by atoms with Crippen molar-refractivity contribution in [3.8, 4) is 122 Å². The Labute approximate surface area is 651 Å². The van der Waals surface area contributed by atoms with E-state index in [0.717, 1.165) is 109 Å². The number of fused-ring (bicyclic) bond motifs is 3. The summed E-state index contributed by atoms with van der Waals surface area (Å²) in [6.07, 6.45) is 47.4. The van der Waals surface area contributed by atoms with Gasteiger partial charge in [0.05, 0.1) is 82.6 Å². The summed E-state index contributed by atoms with van der Waals surface area (Å²) in [6.45, 7) is 8.70. The third-order valence-corrected chi connectivity index (χ3v) is 23.7. The van der Waals surface area contributed by atoms with E-state index < -0.39 is 26.5 Å². The van der Waals surface area contributed by atoms with Crippen molar-refractivity contribution in [2.24, 2.45) is 27.1 Å². The summed E-state index contributed by atoms with van der Waals surface area (Å²) >= 11 is 0. The van der Waals surface area contributed by atoms with Crippen molar-refractivity contribution in [1.29, 1.82) is 15.8 Å². The highest BCUT2D eigenvalue weighted by Crippen LogP contribution is 2.45. The number of aromatic nitrogens is 15. The molecular weight excluding hydrogens is 1450 g/mol. The summed E-state index contributed by atoms with van der Waals surface area (Å²) < 4.78 is 42.7. The lowest BCUT2D eigenvalue weighted by Gasteiger charge is -2.46. The molecule has 1 saturated carbocycles. The number of piperidine rings is 2. The van der Waals surface area contributed by atoms with E-state index in [1.54, 1.807) is 76.5 Å². The quantitative estimate of drug-likeness (QED) is 0.0769. The molecule has 15 heterocycles. The average Bonchev–Trinajstić information content (AvgIpc) is 1.74. The summed E-state index contributed by atoms with van der Waals surface area (Å²) in [5.41, 5.74) is 13.8. The van der Waals surface area contributed by atoms with Crippen molar-refractivity contribution in [3.05, 3.63) is 164 Å². The Morgan fingerprint density at radius 3 is 1.37 bits per heavy atom. The maximum atomic E-state index is 13.2. The first-order chi connectivity index (χ1) is 54.6. The van der Waals surface area contributed by atoms with Crippen molar-refractivity contribution in [2.45, 2.75) is 94.3 Å². The summed E-state index contributed by atoms with van der Waals surface area (Å²) in [4.78, 5) is 54.5. The van der Waals surface area contributed by atoms with Gasteiger partial charge in [0.25, 0.3) is 17.7 Å².